The van der Waals surface area contributed by atoms with Gasteiger partial charge in [0.2, 0.25) is 5.91 Å². The number of benzene rings is 4. The number of carbonyl (C=O) groups is 1. The van der Waals surface area contributed by atoms with E-state index in [1.807, 2.05) is 31.2 Å². The fourth-order valence-electron chi connectivity index (χ4n) is 4.94. The summed E-state index contributed by atoms with van der Waals surface area (Å²) in [6, 6.07) is 32.0. The summed E-state index contributed by atoms with van der Waals surface area (Å²) in [4.78, 5) is 12.9. The first kappa shape index (κ1) is 25.8. The Labute approximate surface area is 228 Å². The van der Waals surface area contributed by atoms with Crippen LogP contribution in [0.5, 0.6) is 11.5 Å². The number of para-hydroxylation sites is 1. The van der Waals surface area contributed by atoms with Crippen molar-refractivity contribution in [2.45, 2.75) is 26.8 Å². The Morgan fingerprint density at radius 2 is 1.67 bits per heavy atom. The first-order valence-corrected chi connectivity index (χ1v) is 13.1. The van der Waals surface area contributed by atoms with E-state index in [-0.39, 0.29) is 18.1 Å². The van der Waals surface area contributed by atoms with E-state index < -0.39 is 0 Å². The van der Waals surface area contributed by atoms with Crippen LogP contribution in [0.4, 0.5) is 0 Å². The Bertz CT molecular complexity index is 1620. The van der Waals surface area contributed by atoms with Crippen LogP contribution in [0, 0.1) is 6.92 Å². The summed E-state index contributed by atoms with van der Waals surface area (Å²) in [6.45, 7) is 4.89. The van der Waals surface area contributed by atoms with Crippen LogP contribution in [0.15, 0.2) is 102 Å². The molecular weight excluding hydrogens is 486 g/mol. The van der Waals surface area contributed by atoms with Crippen molar-refractivity contribution in [1.82, 2.24) is 9.99 Å². The summed E-state index contributed by atoms with van der Waals surface area (Å²) in [6.07, 6.45) is 1.79. The number of hydrogen-bond acceptors (Lipinski definition) is 4. The minimum Gasteiger partial charge on any atom is -0.504 e. The lowest BCUT2D eigenvalue weighted by Gasteiger charge is -2.13. The quantitative estimate of drug-likeness (QED) is 0.164. The number of nitrogens with zero attached hydrogens (tertiary/aromatic N) is 2. The zero-order valence-electron chi connectivity index (χ0n) is 22.1. The number of amides is 1. The highest BCUT2D eigenvalue weighted by Gasteiger charge is 2.21. The number of aryl methyl sites for hydroxylation is 2. The minimum absolute atomic E-state index is 0.0661. The average molecular weight is 518 g/mol. The van der Waals surface area contributed by atoms with Crippen molar-refractivity contribution in [3.63, 3.8) is 0 Å². The molecule has 1 heterocycles. The van der Waals surface area contributed by atoms with Crippen LogP contribution in [-0.2, 0) is 11.3 Å². The summed E-state index contributed by atoms with van der Waals surface area (Å²) in [5.41, 5.74) is 10.1. The number of nitrogens with one attached hydrogen (secondary N) is 1. The van der Waals surface area contributed by atoms with E-state index >= 15 is 0 Å². The molecule has 0 atom stereocenters. The third-order valence-corrected chi connectivity index (χ3v) is 6.64. The highest BCUT2D eigenvalue weighted by atomic mass is 16.5. The zero-order chi connectivity index (χ0) is 27.2. The third-order valence-electron chi connectivity index (χ3n) is 6.64. The molecule has 5 rings (SSSR count). The second-order valence-corrected chi connectivity index (χ2v) is 9.28. The van der Waals surface area contributed by atoms with E-state index in [2.05, 4.69) is 76.6 Å². The number of carbonyl (C=O) groups excluding carboxylic acids is 1. The molecule has 39 heavy (non-hydrogen) atoms. The van der Waals surface area contributed by atoms with E-state index in [0.29, 0.717) is 24.5 Å². The van der Waals surface area contributed by atoms with E-state index in [1.165, 1.54) is 6.21 Å². The van der Waals surface area contributed by atoms with Gasteiger partial charge in [0.15, 0.2) is 11.5 Å². The van der Waals surface area contributed by atoms with Gasteiger partial charge in [0.25, 0.3) is 0 Å². The highest BCUT2D eigenvalue weighted by Crippen LogP contribution is 2.42. The maximum atomic E-state index is 12.9. The summed E-state index contributed by atoms with van der Waals surface area (Å²) in [5, 5.41) is 15.2. The summed E-state index contributed by atoms with van der Waals surface area (Å²) < 4.78 is 7.68. The molecule has 0 aliphatic heterocycles. The number of aromatic hydroxyl groups is 1. The molecule has 2 N–H and O–H groups in total. The largest absolute Gasteiger partial charge is 0.504 e. The first-order valence-electron chi connectivity index (χ1n) is 13.1. The predicted octanol–water partition coefficient (Wildman–Crippen LogP) is 6.93. The Morgan fingerprint density at radius 3 is 2.38 bits per heavy atom. The fraction of sp³-hybridized carbons (Fsp3) is 0.152. The standard InChI is InChI=1S/C33H31N3O3/c1-3-39-29-21-24(17-18-28(29)37)22-34-35-30(38)19-20-36-32-23(2)11-10-16-27(32)31(25-12-6-4-7-13-25)33(36)26-14-8-5-9-15-26/h4-18,21-22,37H,3,19-20H2,1-2H3,(H,35,38). The van der Waals surface area contributed by atoms with Crippen LogP contribution in [0.2, 0.25) is 0 Å². The molecule has 5 aromatic rings. The summed E-state index contributed by atoms with van der Waals surface area (Å²) in [5.74, 6) is 0.257. The van der Waals surface area contributed by atoms with Crippen molar-refractivity contribution in [1.29, 1.82) is 0 Å². The Hall–Kier alpha value is -4.84. The number of rotatable bonds is 9. The molecule has 4 aromatic carbocycles. The highest BCUT2D eigenvalue weighted by molar-refractivity contribution is 6.05. The van der Waals surface area contributed by atoms with Crippen molar-refractivity contribution in [2.24, 2.45) is 5.10 Å². The minimum atomic E-state index is -0.189. The second kappa shape index (κ2) is 11.7. The molecule has 196 valence electrons. The normalized spacial score (nSPS) is 11.2. The molecule has 0 saturated carbocycles. The number of hydrogen-bond donors (Lipinski definition) is 2. The van der Waals surface area contributed by atoms with Gasteiger partial charge in [-0.2, -0.15) is 5.10 Å². The van der Waals surface area contributed by atoms with Gasteiger partial charge < -0.3 is 14.4 Å². The summed E-state index contributed by atoms with van der Waals surface area (Å²) >= 11 is 0. The molecule has 0 aliphatic rings. The van der Waals surface area contributed by atoms with E-state index in [9.17, 15) is 9.90 Å². The lowest BCUT2D eigenvalue weighted by atomic mass is 9.98. The van der Waals surface area contributed by atoms with Crippen molar-refractivity contribution >= 4 is 23.0 Å². The molecule has 0 bridgehead atoms. The second-order valence-electron chi connectivity index (χ2n) is 9.28. The Balaban J connectivity index is 1.45. The molecule has 6 heteroatoms. The number of hydrazone groups is 1. The first-order chi connectivity index (χ1) is 19.1. The average Bonchev–Trinajstić information content (AvgIpc) is 3.30. The van der Waals surface area contributed by atoms with E-state index in [4.69, 9.17) is 4.74 Å². The van der Waals surface area contributed by atoms with Gasteiger partial charge in [0.1, 0.15) is 0 Å². The molecule has 1 amide bonds. The fourth-order valence-corrected chi connectivity index (χ4v) is 4.94. The van der Waals surface area contributed by atoms with Gasteiger partial charge in [0.05, 0.1) is 24.0 Å². The van der Waals surface area contributed by atoms with Gasteiger partial charge in [-0.15, -0.1) is 0 Å². The van der Waals surface area contributed by atoms with E-state index in [0.717, 1.165) is 38.9 Å². The number of ether oxygens (including phenoxy) is 1. The van der Waals surface area contributed by atoms with Gasteiger partial charge in [-0.05, 0) is 54.3 Å². The van der Waals surface area contributed by atoms with Crippen LogP contribution in [0.25, 0.3) is 33.3 Å². The van der Waals surface area contributed by atoms with Gasteiger partial charge in [-0.3, -0.25) is 4.79 Å². The van der Waals surface area contributed by atoms with Crippen LogP contribution in [0.1, 0.15) is 24.5 Å². The number of phenolic OH excluding ortho intramolecular Hbond substituents is 1. The SMILES string of the molecule is CCOc1cc(C=NNC(=O)CCn2c(-c3ccccc3)c(-c3ccccc3)c3cccc(C)c32)ccc1O. The number of aromatic nitrogens is 1. The molecule has 1 aromatic heterocycles. The van der Waals surface area contributed by atoms with Crippen LogP contribution in [0.3, 0.4) is 0 Å². The maximum absolute atomic E-state index is 12.9. The topological polar surface area (TPSA) is 75.8 Å². The van der Waals surface area contributed by atoms with Gasteiger partial charge in [0, 0.05) is 23.9 Å². The van der Waals surface area contributed by atoms with Crippen LogP contribution >= 0.6 is 0 Å². The zero-order valence-corrected chi connectivity index (χ0v) is 22.1. The van der Waals surface area contributed by atoms with Gasteiger partial charge in [-0.25, -0.2) is 5.43 Å². The van der Waals surface area contributed by atoms with E-state index in [1.54, 1.807) is 18.2 Å². The number of fused-ring (bicyclic) bond motifs is 1. The predicted molar refractivity (Wildman–Crippen MR) is 157 cm³/mol. The van der Waals surface area contributed by atoms with Crippen molar-refractivity contribution in [2.75, 3.05) is 6.61 Å². The van der Waals surface area contributed by atoms with Crippen LogP contribution < -0.4 is 10.2 Å². The molecular formula is C33H31N3O3. The monoisotopic (exact) mass is 517 g/mol. The number of phenols is 1. The van der Waals surface area contributed by atoms with Gasteiger partial charge in [-0.1, -0.05) is 78.9 Å². The Morgan fingerprint density at radius 1 is 0.949 bits per heavy atom. The van der Waals surface area contributed by atoms with Crippen molar-refractivity contribution in [3.8, 4) is 33.9 Å². The molecule has 0 radical (unpaired) electrons. The molecule has 6 nitrogen and oxygen atoms in total. The molecule has 0 aliphatic carbocycles. The molecule has 0 saturated heterocycles. The third kappa shape index (κ3) is 5.55. The summed E-state index contributed by atoms with van der Waals surface area (Å²) in [7, 11) is 0. The molecule has 0 spiro atoms. The smallest absolute Gasteiger partial charge is 0.241 e. The lowest BCUT2D eigenvalue weighted by Crippen LogP contribution is -2.19. The van der Waals surface area contributed by atoms with Crippen LogP contribution in [-0.4, -0.2) is 28.4 Å². The maximum Gasteiger partial charge on any atom is 0.241 e. The van der Waals surface area contributed by atoms with Crippen molar-refractivity contribution < 1.29 is 14.6 Å². The Kier molecular flexibility index (Phi) is 7.73. The van der Waals surface area contributed by atoms with Crippen molar-refractivity contribution in [3.05, 3.63) is 108 Å². The molecule has 0 unspecified atom stereocenters. The van der Waals surface area contributed by atoms with Gasteiger partial charge >= 0.3 is 0 Å². The lowest BCUT2D eigenvalue weighted by molar-refractivity contribution is -0.121. The molecule has 0 fully saturated rings.